The fourth-order valence-corrected chi connectivity index (χ4v) is 8.45. The molecule has 4 amide bonds. The van der Waals surface area contributed by atoms with Crippen molar-refractivity contribution in [2.75, 3.05) is 25.4 Å². The van der Waals surface area contributed by atoms with Crippen LogP contribution in [-0.2, 0) is 39.0 Å². The van der Waals surface area contributed by atoms with Crippen molar-refractivity contribution in [1.29, 1.82) is 0 Å². The molecule has 272 valence electrons. The first-order valence-corrected chi connectivity index (χ1v) is 19.4. The van der Waals surface area contributed by atoms with E-state index in [0.29, 0.717) is 5.69 Å². The van der Waals surface area contributed by atoms with Gasteiger partial charge in [-0.25, -0.2) is 18.2 Å². The van der Waals surface area contributed by atoms with Crippen molar-refractivity contribution >= 4 is 56.5 Å². The van der Waals surface area contributed by atoms with Gasteiger partial charge in [-0.1, -0.05) is 76.6 Å². The number of halogens is 1. The molecule has 15 heteroatoms. The molecular formula is C35H47ClN6O6S2. The predicted octanol–water partition coefficient (Wildman–Crippen LogP) is 4.56. The van der Waals surface area contributed by atoms with Crippen LogP contribution >= 0.6 is 22.9 Å². The lowest BCUT2D eigenvalue weighted by Gasteiger charge is -2.40. The normalized spacial score (nSPS) is 16.0. The second-order valence-electron chi connectivity index (χ2n) is 13.3. The number of aryl methyl sites for hydroxylation is 1. The molecule has 1 aliphatic rings. The highest BCUT2D eigenvalue weighted by Gasteiger charge is 2.41. The highest BCUT2D eigenvalue weighted by molar-refractivity contribution is 7.89. The van der Waals surface area contributed by atoms with Crippen LogP contribution in [0.25, 0.3) is 0 Å². The predicted molar refractivity (Wildman–Crippen MR) is 195 cm³/mol. The van der Waals surface area contributed by atoms with E-state index in [1.807, 2.05) is 70.3 Å². The second kappa shape index (κ2) is 17.1. The number of aromatic nitrogens is 1. The second-order valence-corrected chi connectivity index (χ2v) is 16.5. The van der Waals surface area contributed by atoms with E-state index in [0.717, 1.165) is 21.9 Å². The van der Waals surface area contributed by atoms with Crippen LogP contribution < -0.4 is 11.1 Å². The van der Waals surface area contributed by atoms with E-state index in [1.165, 1.54) is 38.7 Å². The van der Waals surface area contributed by atoms with Gasteiger partial charge in [0.1, 0.15) is 6.04 Å². The van der Waals surface area contributed by atoms with E-state index < -0.39 is 40.1 Å². The maximum Gasteiger partial charge on any atom is 0.327 e. The van der Waals surface area contributed by atoms with Crippen LogP contribution in [0.3, 0.4) is 0 Å². The highest BCUT2D eigenvalue weighted by Crippen LogP contribution is 2.26. The van der Waals surface area contributed by atoms with Crippen molar-refractivity contribution < 1.29 is 27.9 Å². The molecule has 12 nitrogen and oxygen atoms in total. The molecular weight excluding hydrogens is 700 g/mol. The molecule has 2 heterocycles. The molecule has 1 fully saturated rings. The number of aliphatic hydroxyl groups excluding tert-OH is 1. The number of hydrogen-bond donors (Lipinski definition) is 3. The van der Waals surface area contributed by atoms with Crippen LogP contribution in [0.4, 0.5) is 10.5 Å². The molecule has 0 radical (unpaired) electrons. The van der Waals surface area contributed by atoms with Gasteiger partial charge in [0.15, 0.2) is 0 Å². The van der Waals surface area contributed by atoms with Gasteiger partial charge >= 0.3 is 6.03 Å². The van der Waals surface area contributed by atoms with Crippen molar-refractivity contribution in [2.45, 2.75) is 83.5 Å². The number of benzene rings is 2. The number of nitrogen functional groups attached to an aromatic ring is 1. The Morgan fingerprint density at radius 3 is 2.42 bits per heavy atom. The summed E-state index contributed by atoms with van der Waals surface area (Å²) >= 11 is 7.52. The fourth-order valence-electron chi connectivity index (χ4n) is 5.94. The number of nitrogens with one attached hydrogen (secondary N) is 1. The number of nitrogens with two attached hydrogens (primary N) is 1. The van der Waals surface area contributed by atoms with E-state index >= 15 is 0 Å². The molecule has 3 atom stereocenters. The molecule has 4 rings (SSSR count). The monoisotopic (exact) mass is 746 g/mol. The van der Waals surface area contributed by atoms with E-state index in [1.54, 1.807) is 0 Å². The summed E-state index contributed by atoms with van der Waals surface area (Å²) in [6, 6.07) is 10.8. The minimum absolute atomic E-state index is 0.00583. The molecule has 0 aliphatic carbocycles. The van der Waals surface area contributed by atoms with Gasteiger partial charge in [0.05, 0.1) is 45.0 Å². The molecule has 1 aliphatic heterocycles. The van der Waals surface area contributed by atoms with Gasteiger partial charge in [0.2, 0.25) is 21.8 Å². The summed E-state index contributed by atoms with van der Waals surface area (Å²) < 4.78 is 28.9. The molecule has 1 saturated heterocycles. The smallest absolute Gasteiger partial charge is 0.327 e. The molecule has 0 unspecified atom stereocenters. The number of carbonyl (C=O) groups is 3. The Balaban J connectivity index is 1.61. The third kappa shape index (κ3) is 9.60. The number of nitrogens with zero attached hydrogens (tertiary/aromatic N) is 4. The highest BCUT2D eigenvalue weighted by atomic mass is 35.5. The lowest BCUT2D eigenvalue weighted by atomic mass is 9.97. The van der Waals surface area contributed by atoms with Gasteiger partial charge in [-0.2, -0.15) is 4.31 Å². The Kier molecular flexibility index (Phi) is 13.4. The fraction of sp³-hybridized carbons (Fsp3) is 0.486. The molecule has 4 N–H and O–H groups in total. The summed E-state index contributed by atoms with van der Waals surface area (Å²) in [6.07, 6.45) is -0.385. The molecule has 1 aromatic heterocycles. The standard InChI is InChI=1S/C35H47ClN6O6S2/c1-6-31-38-25(21-49-31)19-42-32(44)14-15-41(35(42)46)33(23(4)5)34(45)39-29(16-24-10-8-7-9-11-24)30(43)20-40(18-22(2)3)50(47,48)26-12-13-27(36)28(37)17-26/h7-13,17,21-23,29-30,33,43H,6,14-16,18-20,37H2,1-5H3,(H,39,45)/t29-,30+,33-/m0/s1. The third-order valence-corrected chi connectivity index (χ3v) is 11.7. The summed E-state index contributed by atoms with van der Waals surface area (Å²) in [5.41, 5.74) is 7.45. The van der Waals surface area contributed by atoms with E-state index in [-0.39, 0.29) is 72.4 Å². The SMILES string of the molecule is CCc1nc(CN2C(=O)CCN([C@H](C(=O)N[C@@H](Cc3ccccc3)[C@H](O)CN(CC(C)C)S(=O)(=O)c3ccc(Cl)c(N)c3)C(C)C)C2=O)cs1. The Morgan fingerprint density at radius 1 is 1.12 bits per heavy atom. The first-order valence-electron chi connectivity index (χ1n) is 16.7. The zero-order valence-corrected chi connectivity index (χ0v) is 31.5. The number of anilines is 1. The number of imide groups is 1. The lowest BCUT2D eigenvalue weighted by Crippen LogP contribution is -2.62. The summed E-state index contributed by atoms with van der Waals surface area (Å²) in [5.74, 6) is -1.31. The van der Waals surface area contributed by atoms with Crippen LogP contribution in [0.15, 0.2) is 58.8 Å². The number of urea groups is 1. The van der Waals surface area contributed by atoms with Crippen LogP contribution in [-0.4, -0.2) is 88.3 Å². The number of amides is 4. The number of aliphatic hydroxyl groups is 1. The van der Waals surface area contributed by atoms with Crippen molar-refractivity contribution in [2.24, 2.45) is 11.8 Å². The van der Waals surface area contributed by atoms with Crippen molar-refractivity contribution in [1.82, 2.24) is 24.4 Å². The molecule has 3 aromatic rings. The summed E-state index contributed by atoms with van der Waals surface area (Å²) in [4.78, 5) is 47.9. The largest absolute Gasteiger partial charge is 0.397 e. The number of carbonyl (C=O) groups excluding carboxylic acids is 3. The minimum Gasteiger partial charge on any atom is -0.397 e. The van der Waals surface area contributed by atoms with Gasteiger partial charge < -0.3 is 21.1 Å². The lowest BCUT2D eigenvalue weighted by molar-refractivity contribution is -0.136. The topological polar surface area (TPSA) is 166 Å². The molecule has 0 bridgehead atoms. The molecule has 50 heavy (non-hydrogen) atoms. The van der Waals surface area contributed by atoms with Crippen LogP contribution in [0, 0.1) is 11.8 Å². The molecule has 2 aromatic carbocycles. The zero-order chi connectivity index (χ0) is 36.7. The Labute approximate surface area is 303 Å². The third-order valence-electron chi connectivity index (χ3n) is 8.46. The van der Waals surface area contributed by atoms with Crippen molar-refractivity contribution in [3.05, 3.63) is 75.2 Å². The van der Waals surface area contributed by atoms with Gasteiger partial charge in [0, 0.05) is 31.4 Å². The first-order chi connectivity index (χ1) is 23.6. The average molecular weight is 747 g/mol. The van der Waals surface area contributed by atoms with E-state index in [9.17, 15) is 27.9 Å². The number of thiazole rings is 1. The van der Waals surface area contributed by atoms with Gasteiger partial charge in [-0.15, -0.1) is 11.3 Å². The van der Waals surface area contributed by atoms with Gasteiger partial charge in [0.25, 0.3) is 0 Å². The summed E-state index contributed by atoms with van der Waals surface area (Å²) in [5, 5.41) is 17.7. The van der Waals surface area contributed by atoms with Crippen molar-refractivity contribution in [3.63, 3.8) is 0 Å². The Morgan fingerprint density at radius 2 is 1.82 bits per heavy atom. The maximum absolute atomic E-state index is 14.2. The summed E-state index contributed by atoms with van der Waals surface area (Å²) in [7, 11) is -4.13. The Bertz CT molecular complexity index is 1750. The Hall–Kier alpha value is -3.56. The van der Waals surface area contributed by atoms with Crippen LogP contribution in [0.2, 0.25) is 5.02 Å². The zero-order valence-electron chi connectivity index (χ0n) is 29.1. The number of hydrogen-bond acceptors (Lipinski definition) is 9. The molecule has 0 spiro atoms. The molecule has 0 saturated carbocycles. The van der Waals surface area contributed by atoms with E-state index in [4.69, 9.17) is 17.3 Å². The maximum atomic E-state index is 14.2. The van der Waals surface area contributed by atoms with Crippen molar-refractivity contribution in [3.8, 4) is 0 Å². The average Bonchev–Trinajstić information content (AvgIpc) is 3.52. The first kappa shape index (κ1) is 39.2. The number of sulfonamides is 1. The summed E-state index contributed by atoms with van der Waals surface area (Å²) in [6.45, 7) is 9.15. The van der Waals surface area contributed by atoms with Crippen LogP contribution in [0.1, 0.15) is 57.3 Å². The minimum atomic E-state index is -4.13. The van der Waals surface area contributed by atoms with Gasteiger partial charge in [-0.3, -0.25) is 14.5 Å². The van der Waals surface area contributed by atoms with E-state index in [2.05, 4.69) is 10.3 Å². The number of rotatable bonds is 16. The quantitative estimate of drug-likeness (QED) is 0.180. The van der Waals surface area contributed by atoms with Gasteiger partial charge in [-0.05, 0) is 48.4 Å². The van der Waals surface area contributed by atoms with Crippen LogP contribution in [0.5, 0.6) is 0 Å².